The van der Waals surface area contributed by atoms with Crippen LogP contribution in [0.25, 0.3) is 0 Å². The van der Waals surface area contributed by atoms with E-state index in [-0.39, 0.29) is 75.8 Å². The number of pyridine rings is 2. The molecule has 23 nitrogen and oxygen atoms in total. The number of sulfone groups is 1. The van der Waals surface area contributed by atoms with Gasteiger partial charge in [-0.3, -0.25) is 9.59 Å². The molecular formula is C34H34N16O7S2. The monoisotopic (exact) mass is 842 g/mol. The van der Waals surface area contributed by atoms with Crippen LogP contribution in [0.15, 0.2) is 82.8 Å². The van der Waals surface area contributed by atoms with E-state index >= 15 is 0 Å². The number of anilines is 8. The number of aromatic nitrogens is 10. The topological polar surface area (TPSA) is 311 Å². The fraction of sp³-hybridized carbons (Fsp3) is 0.176. The van der Waals surface area contributed by atoms with E-state index in [4.69, 9.17) is 9.47 Å². The van der Waals surface area contributed by atoms with Gasteiger partial charge < -0.3 is 45.9 Å². The summed E-state index contributed by atoms with van der Waals surface area (Å²) in [6.45, 7) is 0.0140. The van der Waals surface area contributed by atoms with Crippen molar-refractivity contribution in [3.8, 4) is 11.8 Å². The number of amides is 2. The number of nitrogens with one attached hydrogen (secondary N) is 6. The normalized spacial score (nSPS) is 11.5. The highest BCUT2D eigenvalue weighted by Gasteiger charge is 2.22. The third-order valence-electron chi connectivity index (χ3n) is 7.64. The first kappa shape index (κ1) is 41.3. The van der Waals surface area contributed by atoms with Crippen molar-refractivity contribution >= 4 is 79.1 Å². The SMILES string of the molecule is CNC(=O)c1nnc(Nc2ccc(OCCNC(=O)c3nnc(Nc4ccc(OC)nn4)cc3Nc3ncccc3[S+](C)[O-])nn2)cc1Nc1ncccc1S(C)(=O)=O. The maximum Gasteiger partial charge on any atom is 0.274 e. The van der Waals surface area contributed by atoms with E-state index in [0.717, 1.165) is 6.26 Å². The largest absolute Gasteiger partial charge is 0.612 e. The minimum Gasteiger partial charge on any atom is -0.612 e. The van der Waals surface area contributed by atoms with Crippen molar-refractivity contribution in [3.05, 3.63) is 84.4 Å². The van der Waals surface area contributed by atoms with Gasteiger partial charge in [0.1, 0.15) is 23.6 Å². The summed E-state index contributed by atoms with van der Waals surface area (Å²) in [5, 5.41) is 49.3. The van der Waals surface area contributed by atoms with Crippen LogP contribution in [0, 0.1) is 0 Å². The van der Waals surface area contributed by atoms with Crippen LogP contribution < -0.4 is 41.4 Å². The van der Waals surface area contributed by atoms with Crippen LogP contribution in [0.1, 0.15) is 21.0 Å². The van der Waals surface area contributed by atoms with Crippen LogP contribution in [0.4, 0.5) is 46.3 Å². The number of methoxy groups -OCH3 is 1. The molecule has 6 aromatic rings. The van der Waals surface area contributed by atoms with Gasteiger partial charge in [-0.25, -0.2) is 18.4 Å². The maximum absolute atomic E-state index is 13.4. The summed E-state index contributed by atoms with van der Waals surface area (Å²) in [5.74, 6) is 0.425. The van der Waals surface area contributed by atoms with Gasteiger partial charge in [-0.2, -0.15) is 0 Å². The van der Waals surface area contributed by atoms with Gasteiger partial charge in [-0.1, -0.05) is 0 Å². The predicted octanol–water partition coefficient (Wildman–Crippen LogP) is 1.93. The van der Waals surface area contributed by atoms with Crippen molar-refractivity contribution in [2.45, 2.75) is 9.79 Å². The second-order valence-corrected chi connectivity index (χ2v) is 15.1. The number of hydrogen-bond donors (Lipinski definition) is 6. The molecule has 0 bridgehead atoms. The number of nitrogens with zero attached hydrogens (tertiary/aromatic N) is 10. The minimum absolute atomic E-state index is 0.0111. The fourth-order valence-corrected chi connectivity index (χ4v) is 6.36. The molecule has 6 aromatic heterocycles. The first-order valence-corrected chi connectivity index (χ1v) is 20.5. The fourth-order valence-electron chi connectivity index (χ4n) is 4.93. The summed E-state index contributed by atoms with van der Waals surface area (Å²) in [4.78, 5) is 34.6. The molecule has 0 aliphatic heterocycles. The van der Waals surface area contributed by atoms with Crippen molar-refractivity contribution < 1.29 is 32.0 Å². The third-order valence-corrected chi connectivity index (χ3v) is 9.72. The van der Waals surface area contributed by atoms with Crippen LogP contribution >= 0.6 is 0 Å². The summed E-state index contributed by atoms with van der Waals surface area (Å²) in [6.07, 6.45) is 5.46. The van der Waals surface area contributed by atoms with Gasteiger partial charge in [0.15, 0.2) is 55.2 Å². The van der Waals surface area contributed by atoms with Gasteiger partial charge in [-0.05, 0) is 47.6 Å². The van der Waals surface area contributed by atoms with Crippen LogP contribution in [0.3, 0.4) is 0 Å². The lowest BCUT2D eigenvalue weighted by Crippen LogP contribution is -2.30. The molecule has 0 fully saturated rings. The number of carbonyl (C=O) groups is 2. The van der Waals surface area contributed by atoms with Crippen molar-refractivity contribution in [2.75, 3.05) is 61.1 Å². The highest BCUT2D eigenvalue weighted by atomic mass is 32.2. The van der Waals surface area contributed by atoms with E-state index in [0.29, 0.717) is 16.6 Å². The van der Waals surface area contributed by atoms with E-state index in [2.05, 4.69) is 82.7 Å². The zero-order valence-electron chi connectivity index (χ0n) is 31.5. The summed E-state index contributed by atoms with van der Waals surface area (Å²) in [7, 11) is -0.786. The lowest BCUT2D eigenvalue weighted by molar-refractivity contribution is 0.0938. The van der Waals surface area contributed by atoms with Gasteiger partial charge in [0.25, 0.3) is 11.8 Å². The molecule has 1 atom stereocenters. The molecule has 0 saturated carbocycles. The molecule has 2 amide bonds. The molecule has 0 aromatic carbocycles. The van der Waals surface area contributed by atoms with Crippen molar-refractivity contribution in [1.82, 2.24) is 61.4 Å². The Bertz CT molecular complexity index is 2550. The average molecular weight is 843 g/mol. The molecule has 25 heteroatoms. The minimum atomic E-state index is -3.66. The van der Waals surface area contributed by atoms with Gasteiger partial charge in [-0.15, -0.1) is 40.8 Å². The summed E-state index contributed by atoms with van der Waals surface area (Å²) >= 11 is -1.40. The Morgan fingerprint density at radius 2 is 1.27 bits per heavy atom. The quantitative estimate of drug-likeness (QED) is 0.0564. The Hall–Kier alpha value is -7.38. The lowest BCUT2D eigenvalue weighted by Gasteiger charge is -2.14. The van der Waals surface area contributed by atoms with Gasteiger partial charge in [0.05, 0.1) is 25.0 Å². The molecule has 6 rings (SSSR count). The van der Waals surface area contributed by atoms with Crippen molar-refractivity contribution in [1.29, 1.82) is 0 Å². The summed E-state index contributed by atoms with van der Waals surface area (Å²) in [6, 6.07) is 15.4. The number of hydrogen-bond acceptors (Lipinski definition) is 21. The third kappa shape index (κ3) is 10.7. The zero-order chi connectivity index (χ0) is 41.9. The zero-order valence-corrected chi connectivity index (χ0v) is 33.1. The summed E-state index contributed by atoms with van der Waals surface area (Å²) < 4.78 is 47.8. The Morgan fingerprint density at radius 1 is 0.712 bits per heavy atom. The average Bonchev–Trinajstić information content (AvgIpc) is 3.23. The molecule has 0 aliphatic carbocycles. The van der Waals surface area contributed by atoms with Crippen molar-refractivity contribution in [2.24, 2.45) is 0 Å². The second-order valence-electron chi connectivity index (χ2n) is 11.8. The first-order chi connectivity index (χ1) is 28.4. The van der Waals surface area contributed by atoms with E-state index < -0.39 is 32.8 Å². The standard InChI is InChI=1S/C34H34N16O7S2/c1-35-33(51)29-19(40-32-22(59(4,54)55)8-6-14-37-32)17-25(45-49-29)42-24-10-12-28(48-44-24)57-16-15-38-34(52)30-20(39-31-21(58(3)53)7-5-13-36-31)18-26(46-50-30)41-23-9-11-27(56-2)47-43-23/h5-14,17-18H,15-16H2,1-4H3,(H,35,51)(H,38,52)(H2,36,39,41,43,46)(H2,37,40,42,44,45). The van der Waals surface area contributed by atoms with E-state index in [9.17, 15) is 22.6 Å². The molecule has 0 radical (unpaired) electrons. The second kappa shape index (κ2) is 18.7. The first-order valence-electron chi connectivity index (χ1n) is 17.0. The molecule has 59 heavy (non-hydrogen) atoms. The molecular weight excluding hydrogens is 809 g/mol. The molecule has 6 N–H and O–H groups in total. The number of carbonyl (C=O) groups excluding carboxylic acids is 2. The molecule has 304 valence electrons. The maximum atomic E-state index is 13.4. The number of rotatable bonds is 17. The Morgan fingerprint density at radius 3 is 1.83 bits per heavy atom. The van der Waals surface area contributed by atoms with Crippen LogP contribution in [-0.4, -0.2) is 115 Å². The Balaban J connectivity index is 1.09. The molecule has 0 saturated heterocycles. The van der Waals surface area contributed by atoms with E-state index in [1.165, 1.54) is 63.1 Å². The van der Waals surface area contributed by atoms with Crippen LogP contribution in [-0.2, 0) is 21.0 Å². The lowest BCUT2D eigenvalue weighted by atomic mass is 10.2. The highest BCUT2D eigenvalue weighted by molar-refractivity contribution is 7.91. The van der Waals surface area contributed by atoms with Crippen molar-refractivity contribution in [3.63, 3.8) is 0 Å². The predicted molar refractivity (Wildman–Crippen MR) is 213 cm³/mol. The van der Waals surface area contributed by atoms with Gasteiger partial charge in [0, 0.05) is 50.0 Å². The number of ether oxygens (including phenoxy) is 2. The Kier molecular flexibility index (Phi) is 13.1. The van der Waals surface area contributed by atoms with Gasteiger partial charge >= 0.3 is 0 Å². The molecule has 0 aliphatic rings. The summed E-state index contributed by atoms with van der Waals surface area (Å²) in [5.41, 5.74) is 0.109. The van der Waals surface area contributed by atoms with Gasteiger partial charge in [0.2, 0.25) is 11.8 Å². The smallest absolute Gasteiger partial charge is 0.274 e. The highest BCUT2D eigenvalue weighted by Crippen LogP contribution is 2.28. The molecule has 1 unspecified atom stereocenters. The van der Waals surface area contributed by atoms with E-state index in [1.807, 2.05) is 0 Å². The van der Waals surface area contributed by atoms with Crippen LogP contribution in [0.5, 0.6) is 11.8 Å². The Labute approximate surface area is 338 Å². The van der Waals surface area contributed by atoms with Crippen LogP contribution in [0.2, 0.25) is 0 Å². The molecule has 6 heterocycles. The molecule has 0 spiro atoms. The van der Waals surface area contributed by atoms with E-state index in [1.54, 1.807) is 30.3 Å².